The molecule has 0 radical (unpaired) electrons. The summed E-state index contributed by atoms with van der Waals surface area (Å²) in [6, 6.07) is 18.0. The highest BCUT2D eigenvalue weighted by molar-refractivity contribution is 6.01. The van der Waals surface area contributed by atoms with Gasteiger partial charge in [0.05, 0.1) is 12.1 Å². The molecule has 2 aromatic rings. The van der Waals surface area contributed by atoms with E-state index in [-0.39, 0.29) is 12.5 Å². The van der Waals surface area contributed by atoms with Crippen molar-refractivity contribution < 1.29 is 14.7 Å². The number of piperidine rings is 1. The number of rotatable bonds is 4. The van der Waals surface area contributed by atoms with E-state index in [2.05, 4.69) is 10.6 Å². The number of urea groups is 1. The predicted molar refractivity (Wildman–Crippen MR) is 99.6 cm³/mol. The highest BCUT2D eigenvalue weighted by atomic mass is 16.3. The van der Waals surface area contributed by atoms with Crippen molar-refractivity contribution in [2.24, 2.45) is 0 Å². The van der Waals surface area contributed by atoms with Gasteiger partial charge in [0.1, 0.15) is 0 Å². The lowest BCUT2D eigenvalue weighted by molar-refractivity contribution is -0.122. The third-order valence-electron chi connectivity index (χ3n) is 4.65. The molecule has 2 aromatic carbocycles. The van der Waals surface area contributed by atoms with E-state index < -0.39 is 11.6 Å². The summed E-state index contributed by atoms with van der Waals surface area (Å²) in [6.45, 7) is 1.32. The van der Waals surface area contributed by atoms with Crippen LogP contribution in [-0.2, 0) is 10.4 Å². The molecule has 0 aliphatic carbocycles. The molecule has 1 saturated heterocycles. The van der Waals surface area contributed by atoms with Crippen LogP contribution in [0, 0.1) is 0 Å². The molecule has 1 heterocycles. The first-order valence-corrected chi connectivity index (χ1v) is 8.71. The van der Waals surface area contributed by atoms with Gasteiger partial charge in [-0.05, 0) is 30.5 Å². The lowest BCUT2D eigenvalue weighted by Crippen LogP contribution is -2.47. The second-order valence-electron chi connectivity index (χ2n) is 6.54. The molecule has 3 rings (SSSR count). The molecule has 136 valence electrons. The number of hydrogen-bond acceptors (Lipinski definition) is 4. The second-order valence-corrected chi connectivity index (χ2v) is 6.54. The van der Waals surface area contributed by atoms with Crippen LogP contribution in [0.2, 0.25) is 0 Å². The minimum absolute atomic E-state index is 0.132. The minimum Gasteiger partial charge on any atom is -0.385 e. The zero-order valence-corrected chi connectivity index (χ0v) is 14.5. The molecule has 0 unspecified atom stereocenters. The van der Waals surface area contributed by atoms with E-state index in [1.54, 1.807) is 24.3 Å². The van der Waals surface area contributed by atoms with Gasteiger partial charge in [-0.2, -0.15) is 0 Å². The summed E-state index contributed by atoms with van der Waals surface area (Å²) < 4.78 is 0. The van der Waals surface area contributed by atoms with E-state index in [0.717, 1.165) is 5.56 Å². The van der Waals surface area contributed by atoms with Gasteiger partial charge in [-0.15, -0.1) is 0 Å². The fourth-order valence-electron chi connectivity index (χ4n) is 3.17. The number of likely N-dealkylation sites (tertiary alicyclic amines) is 1. The molecule has 0 spiro atoms. The smallest absolute Gasteiger partial charge is 0.325 e. The fraction of sp³-hybridized carbons (Fsp3) is 0.300. The monoisotopic (exact) mass is 353 g/mol. The summed E-state index contributed by atoms with van der Waals surface area (Å²) in [5, 5.41) is 15.8. The SMILES string of the molecule is O=C(CN1CCC(O)(c2ccccc2)CC1)NC(=O)Nc1ccccc1. The molecule has 26 heavy (non-hydrogen) atoms. The number of carbonyl (C=O) groups excluding carboxylic acids is 2. The number of imide groups is 1. The summed E-state index contributed by atoms with van der Waals surface area (Å²) >= 11 is 0. The number of aliphatic hydroxyl groups is 1. The molecule has 0 bridgehead atoms. The van der Waals surface area contributed by atoms with Crippen molar-refractivity contribution in [3.8, 4) is 0 Å². The Labute approximate surface area is 152 Å². The van der Waals surface area contributed by atoms with E-state index in [0.29, 0.717) is 31.6 Å². The first-order valence-electron chi connectivity index (χ1n) is 8.71. The highest BCUT2D eigenvalue weighted by Crippen LogP contribution is 2.32. The van der Waals surface area contributed by atoms with Crippen LogP contribution in [0.5, 0.6) is 0 Å². The first kappa shape index (κ1) is 18.1. The summed E-state index contributed by atoms with van der Waals surface area (Å²) in [5.74, 6) is -0.358. The number of nitrogens with one attached hydrogen (secondary N) is 2. The van der Waals surface area contributed by atoms with Gasteiger partial charge in [-0.3, -0.25) is 15.0 Å². The van der Waals surface area contributed by atoms with E-state index in [9.17, 15) is 14.7 Å². The lowest BCUT2D eigenvalue weighted by Gasteiger charge is -2.38. The van der Waals surface area contributed by atoms with E-state index in [4.69, 9.17) is 0 Å². The van der Waals surface area contributed by atoms with Crippen LogP contribution < -0.4 is 10.6 Å². The van der Waals surface area contributed by atoms with Gasteiger partial charge in [-0.25, -0.2) is 4.79 Å². The van der Waals surface area contributed by atoms with Gasteiger partial charge in [0, 0.05) is 18.8 Å². The minimum atomic E-state index is -0.848. The number of benzene rings is 2. The fourth-order valence-corrected chi connectivity index (χ4v) is 3.17. The number of nitrogens with zero attached hydrogens (tertiary/aromatic N) is 1. The second kappa shape index (κ2) is 8.12. The molecule has 0 atom stereocenters. The number of anilines is 1. The van der Waals surface area contributed by atoms with Crippen LogP contribution >= 0.6 is 0 Å². The molecule has 1 aliphatic rings. The van der Waals surface area contributed by atoms with E-state index >= 15 is 0 Å². The van der Waals surface area contributed by atoms with Crippen molar-refractivity contribution in [2.75, 3.05) is 25.0 Å². The Kier molecular flexibility index (Phi) is 5.65. The van der Waals surface area contributed by atoms with Gasteiger partial charge < -0.3 is 10.4 Å². The van der Waals surface area contributed by atoms with E-state index in [1.807, 2.05) is 41.3 Å². The van der Waals surface area contributed by atoms with Crippen molar-refractivity contribution in [3.05, 3.63) is 66.2 Å². The first-order chi connectivity index (χ1) is 12.5. The van der Waals surface area contributed by atoms with Gasteiger partial charge in [0.15, 0.2) is 0 Å². The number of para-hydroxylation sites is 1. The Morgan fingerprint density at radius 1 is 0.962 bits per heavy atom. The van der Waals surface area contributed by atoms with Crippen LogP contribution in [0.15, 0.2) is 60.7 Å². The van der Waals surface area contributed by atoms with Gasteiger partial charge in [0.25, 0.3) is 0 Å². The van der Waals surface area contributed by atoms with Crippen LogP contribution in [0.4, 0.5) is 10.5 Å². The standard InChI is InChI=1S/C20H23N3O3/c24-18(22-19(25)21-17-9-5-2-6-10-17)15-23-13-11-20(26,12-14-23)16-7-3-1-4-8-16/h1-10,26H,11-15H2,(H2,21,22,24,25). The van der Waals surface area contributed by atoms with Crippen molar-refractivity contribution in [1.29, 1.82) is 0 Å². The zero-order chi connectivity index (χ0) is 18.4. The quantitative estimate of drug-likeness (QED) is 0.788. The van der Waals surface area contributed by atoms with Crippen LogP contribution in [0.25, 0.3) is 0 Å². The zero-order valence-electron chi connectivity index (χ0n) is 14.5. The number of carbonyl (C=O) groups is 2. The van der Waals surface area contributed by atoms with Gasteiger partial charge in [0.2, 0.25) is 5.91 Å². The largest absolute Gasteiger partial charge is 0.385 e. The average Bonchev–Trinajstić information content (AvgIpc) is 2.65. The number of amides is 3. The normalized spacial score (nSPS) is 16.7. The molecular formula is C20H23N3O3. The van der Waals surface area contributed by atoms with Crippen molar-refractivity contribution >= 4 is 17.6 Å². The Morgan fingerprint density at radius 2 is 1.54 bits per heavy atom. The van der Waals surface area contributed by atoms with Crippen LogP contribution in [0.1, 0.15) is 18.4 Å². The average molecular weight is 353 g/mol. The predicted octanol–water partition coefficient (Wildman–Crippen LogP) is 2.32. The summed E-state index contributed by atoms with van der Waals surface area (Å²) in [7, 11) is 0. The molecule has 0 aromatic heterocycles. The summed E-state index contributed by atoms with van der Waals surface area (Å²) in [4.78, 5) is 25.9. The lowest BCUT2D eigenvalue weighted by atomic mass is 9.84. The molecule has 1 fully saturated rings. The molecule has 3 N–H and O–H groups in total. The van der Waals surface area contributed by atoms with Crippen LogP contribution in [-0.4, -0.2) is 41.6 Å². The Morgan fingerprint density at radius 3 is 2.15 bits per heavy atom. The van der Waals surface area contributed by atoms with Crippen molar-refractivity contribution in [2.45, 2.75) is 18.4 Å². The van der Waals surface area contributed by atoms with Gasteiger partial charge in [-0.1, -0.05) is 48.5 Å². The third kappa shape index (κ3) is 4.68. The molecule has 6 heteroatoms. The van der Waals surface area contributed by atoms with Gasteiger partial charge >= 0.3 is 6.03 Å². The Hall–Kier alpha value is -2.70. The van der Waals surface area contributed by atoms with Crippen molar-refractivity contribution in [3.63, 3.8) is 0 Å². The Balaban J connectivity index is 1.45. The highest BCUT2D eigenvalue weighted by Gasteiger charge is 2.34. The molecule has 1 aliphatic heterocycles. The maximum Gasteiger partial charge on any atom is 0.325 e. The molecule has 6 nitrogen and oxygen atoms in total. The maximum absolute atomic E-state index is 12.1. The summed E-state index contributed by atoms with van der Waals surface area (Å²) in [5.41, 5.74) is 0.689. The molecular weight excluding hydrogens is 330 g/mol. The maximum atomic E-state index is 12.1. The topological polar surface area (TPSA) is 81.7 Å². The van der Waals surface area contributed by atoms with Crippen LogP contribution in [0.3, 0.4) is 0 Å². The van der Waals surface area contributed by atoms with Crippen molar-refractivity contribution in [1.82, 2.24) is 10.2 Å². The third-order valence-corrected chi connectivity index (χ3v) is 4.65. The molecule has 0 saturated carbocycles. The number of hydrogen-bond donors (Lipinski definition) is 3. The Bertz CT molecular complexity index is 741. The molecule has 3 amide bonds. The summed E-state index contributed by atoms with van der Waals surface area (Å²) in [6.07, 6.45) is 1.11. The van der Waals surface area contributed by atoms with E-state index in [1.165, 1.54) is 0 Å².